The molecule has 0 spiro atoms. The van der Waals surface area contributed by atoms with Gasteiger partial charge in [0.15, 0.2) is 11.5 Å². The molecular formula is C27H28N2O2. The number of hydrogen-bond donors (Lipinski definition) is 0. The molecule has 0 fully saturated rings. The topological polar surface area (TPSA) is 34.6 Å². The van der Waals surface area contributed by atoms with Gasteiger partial charge in [0.1, 0.15) is 0 Å². The summed E-state index contributed by atoms with van der Waals surface area (Å²) in [7, 11) is 5.47. The maximum absolute atomic E-state index is 5.56. The van der Waals surface area contributed by atoms with E-state index in [2.05, 4.69) is 66.5 Å². The zero-order valence-corrected chi connectivity index (χ0v) is 18.3. The van der Waals surface area contributed by atoms with Gasteiger partial charge in [-0.1, -0.05) is 60.7 Å². The summed E-state index contributed by atoms with van der Waals surface area (Å²) in [6.07, 6.45) is 0.792. The van der Waals surface area contributed by atoms with Crippen molar-refractivity contribution in [2.75, 3.05) is 21.3 Å². The standard InChI is InChI=1S/C27H28N2O2/c1-29(18-21-12-8-5-9-13-21)19-25-24-17-27(31-3)26(30-2)16-22(24)15-23(28-25)14-20-10-6-4-7-11-20/h4-13,15-17H,14,18-19H2,1-3H3. The molecule has 1 aromatic heterocycles. The Morgan fingerprint density at radius 1 is 0.742 bits per heavy atom. The lowest BCUT2D eigenvalue weighted by molar-refractivity contribution is 0.316. The van der Waals surface area contributed by atoms with Crippen molar-refractivity contribution < 1.29 is 9.47 Å². The number of ether oxygens (including phenoxy) is 2. The quantitative estimate of drug-likeness (QED) is 0.384. The maximum Gasteiger partial charge on any atom is 0.161 e. The third-order valence-corrected chi connectivity index (χ3v) is 5.41. The van der Waals surface area contributed by atoms with Crippen molar-refractivity contribution in [2.24, 2.45) is 0 Å². The van der Waals surface area contributed by atoms with Crippen LogP contribution in [0.4, 0.5) is 0 Å². The first kappa shape index (κ1) is 20.9. The van der Waals surface area contributed by atoms with Crippen LogP contribution in [0.1, 0.15) is 22.5 Å². The second-order valence-electron chi connectivity index (χ2n) is 7.81. The lowest BCUT2D eigenvalue weighted by atomic mass is 10.0. The highest BCUT2D eigenvalue weighted by Gasteiger charge is 2.14. The summed E-state index contributed by atoms with van der Waals surface area (Å²) >= 11 is 0. The van der Waals surface area contributed by atoms with Gasteiger partial charge in [0.2, 0.25) is 0 Å². The smallest absolute Gasteiger partial charge is 0.161 e. The van der Waals surface area contributed by atoms with Gasteiger partial charge in [0, 0.05) is 30.6 Å². The minimum absolute atomic E-state index is 0.722. The van der Waals surface area contributed by atoms with Gasteiger partial charge in [-0.05, 0) is 41.8 Å². The van der Waals surface area contributed by atoms with Crippen molar-refractivity contribution in [3.8, 4) is 11.5 Å². The van der Waals surface area contributed by atoms with Crippen molar-refractivity contribution in [1.82, 2.24) is 9.88 Å². The Bertz CT molecular complexity index is 1140. The fraction of sp³-hybridized carbons (Fsp3) is 0.222. The van der Waals surface area contributed by atoms with E-state index in [1.54, 1.807) is 14.2 Å². The van der Waals surface area contributed by atoms with Gasteiger partial charge in [-0.2, -0.15) is 0 Å². The van der Waals surface area contributed by atoms with Gasteiger partial charge >= 0.3 is 0 Å². The van der Waals surface area contributed by atoms with Crippen LogP contribution in [-0.2, 0) is 19.5 Å². The normalized spacial score (nSPS) is 11.1. The third kappa shape index (κ3) is 5.04. The molecule has 0 bridgehead atoms. The maximum atomic E-state index is 5.56. The van der Waals surface area contributed by atoms with E-state index in [0.717, 1.165) is 53.2 Å². The number of hydrogen-bond acceptors (Lipinski definition) is 4. The average Bonchev–Trinajstić information content (AvgIpc) is 2.79. The second kappa shape index (κ2) is 9.63. The van der Waals surface area contributed by atoms with Crippen LogP contribution in [-0.4, -0.2) is 31.2 Å². The largest absolute Gasteiger partial charge is 0.493 e. The van der Waals surface area contributed by atoms with E-state index in [9.17, 15) is 0 Å². The minimum atomic E-state index is 0.722. The molecule has 158 valence electrons. The van der Waals surface area contributed by atoms with E-state index >= 15 is 0 Å². The first-order chi connectivity index (χ1) is 15.2. The van der Waals surface area contributed by atoms with Gasteiger partial charge in [-0.25, -0.2) is 0 Å². The highest BCUT2D eigenvalue weighted by molar-refractivity contribution is 5.88. The molecule has 0 radical (unpaired) electrons. The molecule has 4 aromatic rings. The Hall–Kier alpha value is -3.37. The Balaban J connectivity index is 1.72. The van der Waals surface area contributed by atoms with Crippen LogP contribution in [0.3, 0.4) is 0 Å². The molecule has 1 heterocycles. The predicted octanol–water partition coefficient (Wildman–Crippen LogP) is 5.47. The summed E-state index contributed by atoms with van der Waals surface area (Å²) in [5.74, 6) is 1.45. The second-order valence-corrected chi connectivity index (χ2v) is 7.81. The van der Waals surface area contributed by atoms with Crippen LogP contribution in [0.15, 0.2) is 78.9 Å². The number of fused-ring (bicyclic) bond motifs is 1. The number of nitrogens with zero attached hydrogens (tertiary/aromatic N) is 2. The highest BCUT2D eigenvalue weighted by atomic mass is 16.5. The van der Waals surface area contributed by atoms with Crippen molar-refractivity contribution >= 4 is 10.8 Å². The molecule has 0 aliphatic carbocycles. The van der Waals surface area contributed by atoms with Crippen LogP contribution in [0.25, 0.3) is 10.8 Å². The number of pyridine rings is 1. The molecule has 0 atom stereocenters. The van der Waals surface area contributed by atoms with Crippen molar-refractivity contribution in [2.45, 2.75) is 19.5 Å². The Labute approximate surface area is 184 Å². The number of rotatable bonds is 8. The van der Waals surface area contributed by atoms with E-state index in [-0.39, 0.29) is 0 Å². The fourth-order valence-electron chi connectivity index (χ4n) is 3.93. The molecule has 4 heteroatoms. The van der Waals surface area contributed by atoms with Gasteiger partial charge < -0.3 is 9.47 Å². The molecule has 0 saturated heterocycles. The van der Waals surface area contributed by atoms with Gasteiger partial charge in [0.25, 0.3) is 0 Å². The van der Waals surface area contributed by atoms with E-state index in [1.807, 2.05) is 24.3 Å². The van der Waals surface area contributed by atoms with E-state index < -0.39 is 0 Å². The van der Waals surface area contributed by atoms with E-state index in [0.29, 0.717) is 0 Å². The molecule has 0 amide bonds. The highest BCUT2D eigenvalue weighted by Crippen LogP contribution is 2.34. The lowest BCUT2D eigenvalue weighted by Gasteiger charge is -2.19. The van der Waals surface area contributed by atoms with Gasteiger partial charge in [0.05, 0.1) is 19.9 Å². The van der Waals surface area contributed by atoms with Crippen LogP contribution in [0, 0.1) is 0 Å². The fourth-order valence-corrected chi connectivity index (χ4v) is 3.93. The van der Waals surface area contributed by atoms with Crippen LogP contribution >= 0.6 is 0 Å². The molecule has 0 N–H and O–H groups in total. The van der Waals surface area contributed by atoms with Gasteiger partial charge in [-0.3, -0.25) is 9.88 Å². The van der Waals surface area contributed by atoms with Crippen molar-refractivity contribution in [1.29, 1.82) is 0 Å². The molecule has 31 heavy (non-hydrogen) atoms. The molecule has 4 nitrogen and oxygen atoms in total. The SMILES string of the molecule is COc1cc2cc(Cc3ccccc3)nc(CN(C)Cc3ccccc3)c2cc1OC. The molecule has 4 rings (SSSR count). The van der Waals surface area contributed by atoms with E-state index in [4.69, 9.17) is 14.5 Å². The number of aromatic nitrogens is 1. The summed E-state index contributed by atoms with van der Waals surface area (Å²) in [4.78, 5) is 7.36. The molecular weight excluding hydrogens is 384 g/mol. The minimum Gasteiger partial charge on any atom is -0.493 e. The Morgan fingerprint density at radius 2 is 1.35 bits per heavy atom. The molecule has 0 aliphatic heterocycles. The molecule has 0 saturated carbocycles. The van der Waals surface area contributed by atoms with E-state index in [1.165, 1.54) is 11.1 Å². The molecule has 3 aromatic carbocycles. The van der Waals surface area contributed by atoms with Crippen LogP contribution in [0.5, 0.6) is 11.5 Å². The molecule has 0 aliphatic rings. The average molecular weight is 413 g/mol. The van der Waals surface area contributed by atoms with Crippen LogP contribution < -0.4 is 9.47 Å². The van der Waals surface area contributed by atoms with Crippen LogP contribution in [0.2, 0.25) is 0 Å². The first-order valence-corrected chi connectivity index (χ1v) is 10.5. The van der Waals surface area contributed by atoms with Gasteiger partial charge in [-0.15, -0.1) is 0 Å². The summed E-state index contributed by atoms with van der Waals surface area (Å²) in [5.41, 5.74) is 4.63. The van der Waals surface area contributed by atoms with Crippen molar-refractivity contribution in [3.05, 3.63) is 101 Å². The summed E-state index contributed by atoms with van der Waals surface area (Å²) in [6, 6.07) is 27.2. The number of methoxy groups -OCH3 is 2. The predicted molar refractivity (Wildman–Crippen MR) is 126 cm³/mol. The monoisotopic (exact) mass is 412 g/mol. The third-order valence-electron chi connectivity index (χ3n) is 5.41. The summed E-state index contributed by atoms with van der Waals surface area (Å²) < 4.78 is 11.1. The zero-order valence-electron chi connectivity index (χ0n) is 18.3. The lowest BCUT2D eigenvalue weighted by Crippen LogP contribution is -2.18. The summed E-state index contributed by atoms with van der Waals surface area (Å²) in [6.45, 7) is 1.60. The summed E-state index contributed by atoms with van der Waals surface area (Å²) in [5, 5.41) is 2.20. The number of benzene rings is 3. The Kier molecular flexibility index (Phi) is 6.48. The Morgan fingerprint density at radius 3 is 2.00 bits per heavy atom. The zero-order chi connectivity index (χ0) is 21.6. The first-order valence-electron chi connectivity index (χ1n) is 10.5. The molecule has 0 unspecified atom stereocenters. The van der Waals surface area contributed by atoms with Crippen molar-refractivity contribution in [3.63, 3.8) is 0 Å².